The molecule has 1 N–H and O–H groups in total. The molecule has 0 aliphatic rings. The lowest BCUT2D eigenvalue weighted by Crippen LogP contribution is -2.23. The Hall–Kier alpha value is -1.67. The van der Waals surface area contributed by atoms with Crippen LogP contribution in [-0.4, -0.2) is 29.7 Å². The zero-order valence-electron chi connectivity index (χ0n) is 10.4. The van der Waals surface area contributed by atoms with E-state index in [0.717, 1.165) is 6.07 Å². The largest absolute Gasteiger partial charge is 0.481 e. The van der Waals surface area contributed by atoms with Crippen molar-refractivity contribution in [1.29, 1.82) is 0 Å². The average molecular weight is 322 g/mol. The van der Waals surface area contributed by atoms with Crippen LogP contribution in [0, 0.1) is 10.1 Å². The number of carbonyl (C=O) groups is 1. The highest BCUT2D eigenvalue weighted by molar-refractivity contribution is 7.91. The van der Waals surface area contributed by atoms with Crippen molar-refractivity contribution in [2.24, 2.45) is 0 Å². The van der Waals surface area contributed by atoms with Crippen molar-refractivity contribution in [3.05, 3.63) is 38.9 Å². The first kappa shape index (κ1) is 16.4. The van der Waals surface area contributed by atoms with Gasteiger partial charge in [0.2, 0.25) is 0 Å². The maximum Gasteiger partial charge on any atom is 0.304 e. The van der Waals surface area contributed by atoms with Gasteiger partial charge in [0.1, 0.15) is 0 Å². The summed E-state index contributed by atoms with van der Waals surface area (Å²) in [5, 5.41) is 18.5. The molecule has 1 aromatic carbocycles. The molecule has 0 fully saturated rings. The second kappa shape index (κ2) is 6.19. The fourth-order valence-corrected chi connectivity index (χ4v) is 3.12. The number of sulfone groups is 1. The Morgan fingerprint density at radius 1 is 1.50 bits per heavy atom. The third kappa shape index (κ3) is 4.17. The molecule has 1 aromatic rings. The normalized spacial score (nSPS) is 12.9. The molecule has 0 bridgehead atoms. The van der Waals surface area contributed by atoms with E-state index in [-0.39, 0.29) is 16.3 Å². The molecule has 0 saturated carbocycles. The van der Waals surface area contributed by atoms with Crippen LogP contribution in [0.2, 0.25) is 5.02 Å². The van der Waals surface area contributed by atoms with Gasteiger partial charge in [0.15, 0.2) is 9.84 Å². The van der Waals surface area contributed by atoms with Gasteiger partial charge >= 0.3 is 5.97 Å². The van der Waals surface area contributed by atoms with E-state index in [9.17, 15) is 23.3 Å². The van der Waals surface area contributed by atoms with E-state index in [1.54, 1.807) is 0 Å². The maximum atomic E-state index is 12.0. The quantitative estimate of drug-likeness (QED) is 0.633. The zero-order valence-corrected chi connectivity index (χ0v) is 12.0. The van der Waals surface area contributed by atoms with Gasteiger partial charge < -0.3 is 5.11 Å². The molecule has 0 saturated heterocycles. The Morgan fingerprint density at radius 2 is 2.10 bits per heavy atom. The molecule has 0 radical (unpaired) electrons. The number of aliphatic carboxylic acids is 1. The molecule has 7 nitrogen and oxygen atoms in total. The minimum absolute atomic E-state index is 0.0558. The van der Waals surface area contributed by atoms with Crippen LogP contribution < -0.4 is 0 Å². The highest BCUT2D eigenvalue weighted by Crippen LogP contribution is 2.26. The van der Waals surface area contributed by atoms with Crippen molar-refractivity contribution < 1.29 is 23.2 Å². The van der Waals surface area contributed by atoms with Crippen molar-refractivity contribution in [2.45, 2.75) is 24.3 Å². The average Bonchev–Trinajstić information content (AvgIpc) is 2.26. The van der Waals surface area contributed by atoms with Gasteiger partial charge in [0.05, 0.1) is 22.3 Å². The lowest BCUT2D eigenvalue weighted by atomic mass is 10.2. The Bertz CT molecular complexity index is 642. The molecule has 1 atom stereocenters. The van der Waals surface area contributed by atoms with Crippen LogP contribution in [0.1, 0.15) is 18.9 Å². The number of nitro groups is 1. The van der Waals surface area contributed by atoms with Crippen LogP contribution in [0.3, 0.4) is 0 Å². The minimum atomic E-state index is -3.83. The fourth-order valence-electron chi connectivity index (χ4n) is 1.58. The summed E-state index contributed by atoms with van der Waals surface area (Å²) in [6.45, 7) is 1.25. The highest BCUT2D eigenvalue weighted by atomic mass is 35.5. The number of hydrogen-bond donors (Lipinski definition) is 1. The molecule has 0 heterocycles. The van der Waals surface area contributed by atoms with Gasteiger partial charge in [-0.15, -0.1) is 0 Å². The molecule has 0 amide bonds. The van der Waals surface area contributed by atoms with Gasteiger partial charge in [0, 0.05) is 16.7 Å². The van der Waals surface area contributed by atoms with Gasteiger partial charge in [-0.1, -0.05) is 11.6 Å². The summed E-state index contributed by atoms with van der Waals surface area (Å²) in [7, 11) is -3.83. The monoisotopic (exact) mass is 321 g/mol. The SMILES string of the molecule is CC(CC(=O)O)S(=O)(=O)Cc1cc(Cl)ccc1[N+](=O)[O-]. The molecule has 0 aromatic heterocycles. The standard InChI is InChI=1S/C11H12ClNO6S/c1-7(4-11(14)15)20(18,19)6-8-5-9(12)2-3-10(8)13(16)17/h2-3,5,7H,4,6H2,1H3,(H,14,15). The summed E-state index contributed by atoms with van der Waals surface area (Å²) in [5.41, 5.74) is -0.416. The van der Waals surface area contributed by atoms with Crippen LogP contribution in [0.15, 0.2) is 18.2 Å². The van der Waals surface area contributed by atoms with Crippen molar-refractivity contribution in [3.63, 3.8) is 0 Å². The topological polar surface area (TPSA) is 115 Å². The van der Waals surface area contributed by atoms with Crippen molar-refractivity contribution in [1.82, 2.24) is 0 Å². The predicted octanol–water partition coefficient (Wildman–Crippen LogP) is 2.03. The second-order valence-electron chi connectivity index (χ2n) is 4.25. The lowest BCUT2D eigenvalue weighted by Gasteiger charge is -2.11. The predicted molar refractivity (Wildman–Crippen MR) is 72.4 cm³/mol. The molecular weight excluding hydrogens is 310 g/mol. The Labute approximate surface area is 120 Å². The lowest BCUT2D eigenvalue weighted by molar-refractivity contribution is -0.385. The summed E-state index contributed by atoms with van der Waals surface area (Å²) < 4.78 is 24.0. The Balaban J connectivity index is 3.12. The highest BCUT2D eigenvalue weighted by Gasteiger charge is 2.27. The summed E-state index contributed by atoms with van der Waals surface area (Å²) in [5.74, 6) is -1.88. The van der Waals surface area contributed by atoms with E-state index in [0.29, 0.717) is 0 Å². The van der Waals surface area contributed by atoms with Crippen molar-refractivity contribution >= 4 is 33.1 Å². The van der Waals surface area contributed by atoms with Gasteiger partial charge in [0.25, 0.3) is 5.69 Å². The van der Waals surface area contributed by atoms with Crippen LogP contribution in [0.25, 0.3) is 0 Å². The van der Waals surface area contributed by atoms with Gasteiger partial charge in [-0.05, 0) is 19.1 Å². The first-order chi connectivity index (χ1) is 9.13. The van der Waals surface area contributed by atoms with E-state index in [4.69, 9.17) is 16.7 Å². The number of hydrogen-bond acceptors (Lipinski definition) is 5. The third-order valence-electron chi connectivity index (χ3n) is 2.67. The molecule has 0 spiro atoms. The summed E-state index contributed by atoms with van der Waals surface area (Å²) in [6, 6.07) is 3.61. The molecule has 0 aliphatic carbocycles. The Kier molecular flexibility index (Phi) is 5.07. The molecule has 9 heteroatoms. The molecule has 1 unspecified atom stereocenters. The van der Waals surface area contributed by atoms with Crippen LogP contribution >= 0.6 is 11.6 Å². The molecule has 0 aliphatic heterocycles. The first-order valence-electron chi connectivity index (χ1n) is 5.49. The van der Waals surface area contributed by atoms with Gasteiger partial charge in [-0.2, -0.15) is 0 Å². The number of carboxylic acids is 1. The van der Waals surface area contributed by atoms with Crippen LogP contribution in [-0.2, 0) is 20.4 Å². The molecule has 1 rings (SSSR count). The summed E-state index contributed by atoms with van der Waals surface area (Å²) in [6.07, 6.45) is -0.559. The third-order valence-corrected chi connectivity index (χ3v) is 5.01. The number of rotatable bonds is 6. The Morgan fingerprint density at radius 3 is 2.60 bits per heavy atom. The van der Waals surface area contributed by atoms with E-state index >= 15 is 0 Å². The number of carboxylic acid groups (broad SMARTS) is 1. The summed E-state index contributed by atoms with van der Waals surface area (Å²) >= 11 is 5.70. The summed E-state index contributed by atoms with van der Waals surface area (Å²) in [4.78, 5) is 20.7. The number of nitrogens with zero attached hydrogens (tertiary/aromatic N) is 1. The van der Waals surface area contributed by atoms with E-state index < -0.39 is 38.2 Å². The van der Waals surface area contributed by atoms with E-state index in [1.165, 1.54) is 19.1 Å². The zero-order chi connectivity index (χ0) is 15.5. The maximum absolute atomic E-state index is 12.0. The van der Waals surface area contributed by atoms with Gasteiger partial charge in [-0.25, -0.2) is 8.42 Å². The molecule has 20 heavy (non-hydrogen) atoms. The van der Waals surface area contributed by atoms with Crippen molar-refractivity contribution in [2.75, 3.05) is 0 Å². The smallest absolute Gasteiger partial charge is 0.304 e. The van der Waals surface area contributed by atoms with E-state index in [1.807, 2.05) is 0 Å². The number of benzene rings is 1. The minimum Gasteiger partial charge on any atom is -0.481 e. The van der Waals surface area contributed by atoms with Crippen LogP contribution in [0.4, 0.5) is 5.69 Å². The first-order valence-corrected chi connectivity index (χ1v) is 7.59. The van der Waals surface area contributed by atoms with Crippen LogP contribution in [0.5, 0.6) is 0 Å². The second-order valence-corrected chi connectivity index (χ2v) is 7.10. The van der Waals surface area contributed by atoms with Crippen molar-refractivity contribution in [3.8, 4) is 0 Å². The van der Waals surface area contributed by atoms with E-state index in [2.05, 4.69) is 0 Å². The molecule has 110 valence electrons. The molecular formula is C11H12ClNO6S. The number of halogens is 1. The van der Waals surface area contributed by atoms with Gasteiger partial charge in [-0.3, -0.25) is 14.9 Å². The number of nitro benzene ring substituents is 1. The fraction of sp³-hybridized carbons (Fsp3) is 0.364.